The van der Waals surface area contributed by atoms with Gasteiger partial charge in [0.15, 0.2) is 31.2 Å². The molecule has 3 rings (SSSR count). The summed E-state index contributed by atoms with van der Waals surface area (Å²) >= 11 is 2.31. The Morgan fingerprint density at radius 1 is 0.829 bits per heavy atom. The van der Waals surface area contributed by atoms with Gasteiger partial charge in [-0.05, 0) is 77.0 Å². The molecule has 4 atom stereocenters. The highest BCUT2D eigenvalue weighted by Gasteiger charge is 2.55. The van der Waals surface area contributed by atoms with Crippen molar-refractivity contribution in [2.24, 2.45) is 0 Å². The Hall–Kier alpha value is -0.359. The maximum atomic E-state index is 7.29. The molecule has 0 saturated carbocycles. The second-order valence-electron chi connectivity index (χ2n) is 16.2. The predicted molar refractivity (Wildman–Crippen MR) is 186 cm³/mol. The van der Waals surface area contributed by atoms with Crippen LogP contribution in [0.25, 0.3) is 11.0 Å². The first-order valence-corrected chi connectivity index (χ1v) is 24.5. The van der Waals surface area contributed by atoms with Crippen LogP contribution >= 0.6 is 22.6 Å². The largest absolute Gasteiger partial charge is 0.414 e. The topological polar surface area (TPSA) is 93.7 Å². The second kappa shape index (κ2) is 11.5. The van der Waals surface area contributed by atoms with Gasteiger partial charge in [0.05, 0.1) is 12.0 Å². The fourth-order valence-corrected chi connectivity index (χ4v) is 8.57. The average molecular weight is 735 g/mol. The van der Waals surface area contributed by atoms with Gasteiger partial charge in [-0.3, -0.25) is 0 Å². The third-order valence-electron chi connectivity index (χ3n) is 10.0. The molecular weight excluding hydrogens is 680 g/mol. The van der Waals surface area contributed by atoms with E-state index in [1.807, 2.05) is 0 Å². The Bertz CT molecular complexity index is 1230. The zero-order valence-electron chi connectivity index (χ0n) is 28.1. The average Bonchev–Trinajstić information content (AvgIpc) is 3.27. The molecule has 8 nitrogen and oxygen atoms in total. The molecule has 0 unspecified atom stereocenters. The Morgan fingerprint density at radius 3 is 1.80 bits per heavy atom. The zero-order chi connectivity index (χ0) is 31.6. The van der Waals surface area contributed by atoms with Crippen molar-refractivity contribution in [2.75, 3.05) is 12.3 Å². The van der Waals surface area contributed by atoms with Crippen molar-refractivity contribution in [1.82, 2.24) is 14.5 Å². The SMILES string of the molecule is CC(C)(C)[Si](C)(C)OC[C@H]1O[C@@H](n2cc(I)c3c(N)ncnc32)[C@H](O[Si](C)(C)C(C)(C)C)[C@@H]1O[Si](C)(C)C(C)(C)C. The monoisotopic (exact) mass is 734 g/mol. The Kier molecular flexibility index (Phi) is 9.88. The lowest BCUT2D eigenvalue weighted by Gasteiger charge is -2.44. The van der Waals surface area contributed by atoms with Crippen molar-refractivity contribution in [3.8, 4) is 0 Å². The van der Waals surface area contributed by atoms with Crippen LogP contribution in [0, 0.1) is 3.57 Å². The maximum Gasteiger partial charge on any atom is 0.192 e. The van der Waals surface area contributed by atoms with Gasteiger partial charge in [0.1, 0.15) is 36.1 Å². The van der Waals surface area contributed by atoms with Crippen LogP contribution in [0.15, 0.2) is 12.5 Å². The molecule has 0 aromatic carbocycles. The molecule has 0 radical (unpaired) electrons. The van der Waals surface area contributed by atoms with E-state index in [4.69, 9.17) is 23.7 Å². The van der Waals surface area contributed by atoms with Crippen LogP contribution in [-0.2, 0) is 18.0 Å². The van der Waals surface area contributed by atoms with Crippen molar-refractivity contribution < 1.29 is 18.0 Å². The third-order valence-corrected chi connectivity index (χ3v) is 24.3. The van der Waals surface area contributed by atoms with Gasteiger partial charge >= 0.3 is 0 Å². The number of nitrogens with two attached hydrogens (primary N) is 1. The molecule has 0 amide bonds. The molecule has 1 fully saturated rings. The lowest BCUT2D eigenvalue weighted by Crippen LogP contribution is -2.54. The molecular formula is C29H55IN4O4Si3. The van der Waals surface area contributed by atoms with Gasteiger partial charge in [0.2, 0.25) is 0 Å². The standard InChI is InChI=1S/C29H55IN4O4Si3/c1-27(2,3)39(10,11)35-17-20-22(37-40(12,13)28(4,5)6)23(38-41(14,15)29(7,8)9)26(36-20)34-16-19(30)21-24(31)32-18-33-25(21)34/h16,18,20,22-23,26H,17H2,1-15H3,(H2,31,32,33)/t20-,22-,23-,26-/m1/s1. The number of ether oxygens (including phenoxy) is 1. The maximum absolute atomic E-state index is 7.29. The highest BCUT2D eigenvalue weighted by molar-refractivity contribution is 14.1. The van der Waals surface area contributed by atoms with Crippen LogP contribution < -0.4 is 5.73 Å². The van der Waals surface area contributed by atoms with Gasteiger partial charge in [-0.2, -0.15) is 0 Å². The van der Waals surface area contributed by atoms with Crippen molar-refractivity contribution in [3.63, 3.8) is 0 Å². The molecule has 2 aromatic rings. The third kappa shape index (κ3) is 7.15. The first-order valence-electron chi connectivity index (χ1n) is 14.7. The number of nitrogens with zero attached hydrogens (tertiary/aromatic N) is 3. The minimum Gasteiger partial charge on any atom is -0.414 e. The van der Waals surface area contributed by atoms with Gasteiger partial charge in [0, 0.05) is 9.77 Å². The molecule has 0 bridgehead atoms. The first kappa shape index (κ1) is 35.1. The predicted octanol–water partition coefficient (Wildman–Crippen LogP) is 8.32. The molecule has 1 aliphatic heterocycles. The number of rotatable bonds is 8. The van der Waals surface area contributed by atoms with E-state index < -0.39 is 31.2 Å². The highest BCUT2D eigenvalue weighted by Crippen LogP contribution is 2.47. The quantitative estimate of drug-likeness (QED) is 0.215. The minimum atomic E-state index is -2.25. The fraction of sp³-hybridized carbons (Fsp3) is 0.793. The summed E-state index contributed by atoms with van der Waals surface area (Å²) in [6.45, 7) is 34.7. The molecule has 41 heavy (non-hydrogen) atoms. The van der Waals surface area contributed by atoms with E-state index in [0.29, 0.717) is 12.4 Å². The number of aromatic nitrogens is 3. The number of fused-ring (bicyclic) bond motifs is 1. The highest BCUT2D eigenvalue weighted by atomic mass is 127. The smallest absolute Gasteiger partial charge is 0.192 e. The molecule has 12 heteroatoms. The number of hydrogen-bond acceptors (Lipinski definition) is 7. The fourth-order valence-electron chi connectivity index (χ4n) is 4.13. The molecule has 0 aliphatic carbocycles. The normalized spacial score (nSPS) is 23.5. The van der Waals surface area contributed by atoms with E-state index in [1.54, 1.807) is 0 Å². The summed E-state index contributed by atoms with van der Waals surface area (Å²) in [5.74, 6) is 0.463. The summed E-state index contributed by atoms with van der Waals surface area (Å²) in [6.07, 6.45) is 2.18. The van der Waals surface area contributed by atoms with Crippen molar-refractivity contribution in [1.29, 1.82) is 0 Å². The summed E-state index contributed by atoms with van der Waals surface area (Å²) in [5.41, 5.74) is 7.06. The lowest BCUT2D eigenvalue weighted by molar-refractivity contribution is -0.0468. The van der Waals surface area contributed by atoms with Crippen molar-refractivity contribution in [3.05, 3.63) is 16.1 Å². The Labute approximate surface area is 265 Å². The van der Waals surface area contributed by atoms with Crippen molar-refractivity contribution in [2.45, 2.75) is 141 Å². The number of hydrogen-bond donors (Lipinski definition) is 1. The Balaban J connectivity index is 2.19. The lowest BCUT2D eigenvalue weighted by atomic mass is 10.1. The molecule has 234 valence electrons. The minimum absolute atomic E-state index is 0.00851. The second-order valence-corrected chi connectivity index (χ2v) is 31.6. The van der Waals surface area contributed by atoms with Crippen LogP contribution in [0.3, 0.4) is 0 Å². The number of anilines is 1. The van der Waals surface area contributed by atoms with Crippen LogP contribution in [0.4, 0.5) is 5.82 Å². The zero-order valence-corrected chi connectivity index (χ0v) is 33.3. The summed E-state index contributed by atoms with van der Waals surface area (Å²) in [7, 11) is -6.51. The number of halogens is 1. The van der Waals surface area contributed by atoms with Crippen LogP contribution in [0.1, 0.15) is 68.5 Å². The van der Waals surface area contributed by atoms with Crippen LogP contribution in [-0.4, -0.2) is 64.4 Å². The van der Waals surface area contributed by atoms with E-state index in [-0.39, 0.29) is 33.4 Å². The van der Waals surface area contributed by atoms with E-state index >= 15 is 0 Å². The van der Waals surface area contributed by atoms with Crippen LogP contribution in [0.2, 0.25) is 54.4 Å². The van der Waals surface area contributed by atoms with Crippen LogP contribution in [0.5, 0.6) is 0 Å². The van der Waals surface area contributed by atoms with Gasteiger partial charge in [-0.15, -0.1) is 0 Å². The molecule has 2 aromatic heterocycles. The van der Waals surface area contributed by atoms with E-state index in [9.17, 15) is 0 Å². The van der Waals surface area contributed by atoms with Gasteiger partial charge < -0.3 is 28.3 Å². The molecule has 1 saturated heterocycles. The first-order chi connectivity index (χ1) is 18.3. The van der Waals surface area contributed by atoms with E-state index in [2.05, 4.69) is 145 Å². The van der Waals surface area contributed by atoms with E-state index in [1.165, 1.54) is 6.33 Å². The molecule has 0 spiro atoms. The molecule has 2 N–H and O–H groups in total. The van der Waals surface area contributed by atoms with Crippen molar-refractivity contribution >= 4 is 64.4 Å². The van der Waals surface area contributed by atoms with Gasteiger partial charge in [0.25, 0.3) is 0 Å². The summed E-state index contributed by atoms with van der Waals surface area (Å²) in [4.78, 5) is 8.91. The van der Waals surface area contributed by atoms with E-state index in [0.717, 1.165) is 14.6 Å². The molecule has 3 heterocycles. The Morgan fingerprint density at radius 2 is 1.32 bits per heavy atom. The summed E-state index contributed by atoms with van der Waals surface area (Å²) in [5, 5.41) is 0.952. The van der Waals surface area contributed by atoms with Gasteiger partial charge in [-0.1, -0.05) is 62.3 Å². The summed E-state index contributed by atoms with van der Waals surface area (Å²) in [6, 6.07) is 0. The summed E-state index contributed by atoms with van der Waals surface area (Å²) < 4.78 is 31.4. The molecule has 1 aliphatic rings. The van der Waals surface area contributed by atoms with Gasteiger partial charge in [-0.25, -0.2) is 9.97 Å². The number of nitrogen functional groups attached to an aromatic ring is 1.